The summed E-state index contributed by atoms with van der Waals surface area (Å²) in [6.07, 6.45) is 0.677. The molecule has 1 fully saturated rings. The second-order valence-electron chi connectivity index (χ2n) is 3.66. The Morgan fingerprint density at radius 2 is 2.00 bits per heavy atom. The van der Waals surface area contributed by atoms with Crippen LogP contribution in [0.5, 0.6) is 0 Å². The first-order valence-electron chi connectivity index (χ1n) is 4.98. The van der Waals surface area contributed by atoms with Crippen LogP contribution in [0.4, 0.5) is 5.69 Å². The molecular weight excluding hydrogens is 228 g/mol. The molecule has 0 spiro atoms. The van der Waals surface area contributed by atoms with Crippen LogP contribution in [0, 0.1) is 0 Å². The van der Waals surface area contributed by atoms with Gasteiger partial charge in [0.15, 0.2) is 0 Å². The number of amides is 2. The third kappa shape index (κ3) is 1.81. The number of nitrogens with zero attached hydrogens (tertiary/aromatic N) is 1. The van der Waals surface area contributed by atoms with Crippen LogP contribution in [-0.2, 0) is 9.59 Å². The second-order valence-corrected chi connectivity index (χ2v) is 4.07. The molecule has 2 N–H and O–H groups in total. The minimum absolute atomic E-state index is 0.250. The first-order valence-corrected chi connectivity index (χ1v) is 5.36. The van der Waals surface area contributed by atoms with Gasteiger partial charge in [-0.3, -0.25) is 9.59 Å². The zero-order chi connectivity index (χ0) is 11.7. The SMILES string of the molecule is NC1CCC(=O)N(c2ccccc2Cl)C1=O. The molecule has 1 atom stereocenters. The number of carbonyl (C=O) groups excluding carboxylic acids is 2. The minimum Gasteiger partial charge on any atom is -0.320 e. The molecule has 0 aromatic heterocycles. The third-order valence-electron chi connectivity index (χ3n) is 2.55. The molecule has 1 saturated heterocycles. The molecule has 1 unspecified atom stereocenters. The summed E-state index contributed by atoms with van der Waals surface area (Å²) in [6, 6.07) is 6.12. The van der Waals surface area contributed by atoms with Crippen molar-refractivity contribution in [1.82, 2.24) is 0 Å². The van der Waals surface area contributed by atoms with Crippen molar-refractivity contribution in [2.75, 3.05) is 4.90 Å². The Balaban J connectivity index is 2.42. The number of piperidine rings is 1. The average Bonchev–Trinajstić information content (AvgIpc) is 2.27. The standard InChI is InChI=1S/C11H11ClN2O2/c12-7-3-1-2-4-9(7)14-10(15)6-5-8(13)11(14)16/h1-4,8H,5-6,13H2. The van der Waals surface area contributed by atoms with Crippen LogP contribution in [0.1, 0.15) is 12.8 Å². The third-order valence-corrected chi connectivity index (χ3v) is 2.87. The highest BCUT2D eigenvalue weighted by molar-refractivity contribution is 6.35. The molecule has 4 nitrogen and oxygen atoms in total. The topological polar surface area (TPSA) is 63.4 Å². The van der Waals surface area contributed by atoms with Gasteiger partial charge in [0.1, 0.15) is 0 Å². The summed E-state index contributed by atoms with van der Waals surface area (Å²) in [5.74, 6) is -0.635. The number of carbonyl (C=O) groups is 2. The van der Waals surface area contributed by atoms with E-state index in [-0.39, 0.29) is 18.2 Å². The monoisotopic (exact) mass is 238 g/mol. The van der Waals surface area contributed by atoms with E-state index in [0.29, 0.717) is 17.1 Å². The van der Waals surface area contributed by atoms with E-state index in [9.17, 15) is 9.59 Å². The normalized spacial score (nSPS) is 21.4. The van der Waals surface area contributed by atoms with Gasteiger partial charge in [0.05, 0.1) is 16.8 Å². The molecule has 16 heavy (non-hydrogen) atoms. The van der Waals surface area contributed by atoms with Gasteiger partial charge in [0.2, 0.25) is 5.91 Å². The molecule has 84 valence electrons. The maximum atomic E-state index is 11.8. The van der Waals surface area contributed by atoms with Gasteiger partial charge in [-0.2, -0.15) is 0 Å². The number of imide groups is 1. The lowest BCUT2D eigenvalue weighted by Crippen LogP contribution is -2.51. The van der Waals surface area contributed by atoms with E-state index in [4.69, 9.17) is 17.3 Å². The van der Waals surface area contributed by atoms with E-state index in [2.05, 4.69) is 0 Å². The number of rotatable bonds is 1. The molecule has 0 aliphatic carbocycles. The smallest absolute Gasteiger partial charge is 0.250 e. The fourth-order valence-electron chi connectivity index (χ4n) is 1.69. The zero-order valence-corrected chi connectivity index (χ0v) is 9.28. The second kappa shape index (κ2) is 4.23. The van der Waals surface area contributed by atoms with Crippen molar-refractivity contribution in [2.45, 2.75) is 18.9 Å². The Morgan fingerprint density at radius 3 is 2.69 bits per heavy atom. The van der Waals surface area contributed by atoms with E-state index < -0.39 is 6.04 Å². The fraction of sp³-hybridized carbons (Fsp3) is 0.273. The summed E-state index contributed by atoms with van der Waals surface area (Å²) in [6.45, 7) is 0. The van der Waals surface area contributed by atoms with Crippen molar-refractivity contribution in [1.29, 1.82) is 0 Å². The number of hydrogen-bond acceptors (Lipinski definition) is 3. The van der Waals surface area contributed by atoms with Crippen LogP contribution in [0.2, 0.25) is 5.02 Å². The summed E-state index contributed by atoms with van der Waals surface area (Å²) < 4.78 is 0. The quantitative estimate of drug-likeness (QED) is 0.751. The molecule has 1 aromatic rings. The first-order chi connectivity index (χ1) is 7.61. The van der Waals surface area contributed by atoms with Crippen LogP contribution in [0.25, 0.3) is 0 Å². The maximum absolute atomic E-state index is 11.8. The summed E-state index contributed by atoms with van der Waals surface area (Å²) in [4.78, 5) is 24.6. The lowest BCUT2D eigenvalue weighted by atomic mass is 10.0. The molecule has 1 aliphatic heterocycles. The molecule has 1 heterocycles. The molecule has 0 saturated carbocycles. The highest BCUT2D eigenvalue weighted by atomic mass is 35.5. The number of halogens is 1. The van der Waals surface area contributed by atoms with Gasteiger partial charge in [0.25, 0.3) is 5.91 Å². The molecule has 0 bridgehead atoms. The van der Waals surface area contributed by atoms with E-state index in [1.807, 2.05) is 0 Å². The summed E-state index contributed by atoms with van der Waals surface area (Å²) in [7, 11) is 0. The van der Waals surface area contributed by atoms with Crippen molar-refractivity contribution < 1.29 is 9.59 Å². The Hall–Kier alpha value is -1.39. The predicted molar refractivity (Wildman–Crippen MR) is 61.2 cm³/mol. The number of anilines is 1. The predicted octanol–water partition coefficient (Wildman–Crippen LogP) is 1.32. The molecule has 1 aliphatic rings. The largest absolute Gasteiger partial charge is 0.320 e. The fourth-order valence-corrected chi connectivity index (χ4v) is 1.91. The van der Waals surface area contributed by atoms with Crippen molar-refractivity contribution in [3.8, 4) is 0 Å². The summed E-state index contributed by atoms with van der Waals surface area (Å²) >= 11 is 5.95. The van der Waals surface area contributed by atoms with Gasteiger partial charge in [-0.05, 0) is 18.6 Å². The number of nitrogens with two attached hydrogens (primary N) is 1. The molecule has 2 rings (SSSR count). The van der Waals surface area contributed by atoms with Crippen LogP contribution in [0.15, 0.2) is 24.3 Å². The Kier molecular flexibility index (Phi) is 2.94. The van der Waals surface area contributed by atoms with Crippen LogP contribution in [0.3, 0.4) is 0 Å². The Bertz CT molecular complexity index is 447. The van der Waals surface area contributed by atoms with Gasteiger partial charge < -0.3 is 5.73 Å². The number of hydrogen-bond donors (Lipinski definition) is 1. The van der Waals surface area contributed by atoms with Crippen molar-refractivity contribution >= 4 is 29.1 Å². The minimum atomic E-state index is -0.617. The van der Waals surface area contributed by atoms with Crippen molar-refractivity contribution in [3.05, 3.63) is 29.3 Å². The van der Waals surface area contributed by atoms with Gasteiger partial charge >= 0.3 is 0 Å². The van der Waals surface area contributed by atoms with E-state index in [0.717, 1.165) is 4.90 Å². The molecule has 1 aromatic carbocycles. The Labute approximate surface area is 98.0 Å². The lowest BCUT2D eigenvalue weighted by Gasteiger charge is -2.29. The highest BCUT2D eigenvalue weighted by Gasteiger charge is 2.33. The van der Waals surface area contributed by atoms with Crippen molar-refractivity contribution in [2.24, 2.45) is 5.73 Å². The first kappa shape index (κ1) is 11.1. The van der Waals surface area contributed by atoms with Crippen LogP contribution >= 0.6 is 11.6 Å². The Morgan fingerprint density at radius 1 is 1.31 bits per heavy atom. The zero-order valence-electron chi connectivity index (χ0n) is 8.52. The number of para-hydroxylation sites is 1. The highest BCUT2D eigenvalue weighted by Crippen LogP contribution is 2.28. The van der Waals surface area contributed by atoms with Gasteiger partial charge in [-0.25, -0.2) is 4.90 Å². The van der Waals surface area contributed by atoms with E-state index in [1.165, 1.54) is 0 Å². The van der Waals surface area contributed by atoms with Crippen LogP contribution in [-0.4, -0.2) is 17.9 Å². The summed E-state index contributed by atoms with van der Waals surface area (Å²) in [5, 5.41) is 0.373. The average molecular weight is 239 g/mol. The van der Waals surface area contributed by atoms with E-state index >= 15 is 0 Å². The number of benzene rings is 1. The maximum Gasteiger partial charge on any atom is 0.250 e. The molecular formula is C11H11ClN2O2. The lowest BCUT2D eigenvalue weighted by molar-refractivity contribution is -0.130. The summed E-state index contributed by atoms with van der Waals surface area (Å²) in [5.41, 5.74) is 6.04. The van der Waals surface area contributed by atoms with Crippen LogP contribution < -0.4 is 10.6 Å². The molecule has 2 amide bonds. The molecule has 0 radical (unpaired) electrons. The van der Waals surface area contributed by atoms with Gasteiger partial charge in [0, 0.05) is 6.42 Å². The van der Waals surface area contributed by atoms with Gasteiger partial charge in [-0.15, -0.1) is 0 Å². The molecule has 5 heteroatoms. The van der Waals surface area contributed by atoms with E-state index in [1.54, 1.807) is 24.3 Å². The van der Waals surface area contributed by atoms with Crippen molar-refractivity contribution in [3.63, 3.8) is 0 Å². The van der Waals surface area contributed by atoms with Gasteiger partial charge in [-0.1, -0.05) is 23.7 Å².